The third kappa shape index (κ3) is 3.21. The Balaban J connectivity index is 1.72. The number of carbonyl (C=O) groups excluding carboxylic acids is 1. The Morgan fingerprint density at radius 3 is 2.57 bits per heavy atom. The number of fused-ring (bicyclic) bond motifs is 1. The first-order valence-electron chi connectivity index (χ1n) is 9.03. The van der Waals surface area contributed by atoms with Gasteiger partial charge in [-0.15, -0.1) is 0 Å². The number of H-pyrrole nitrogens is 1. The maximum absolute atomic E-state index is 13.5. The van der Waals surface area contributed by atoms with Gasteiger partial charge in [-0.3, -0.25) is 4.79 Å². The molecule has 1 heterocycles. The minimum absolute atomic E-state index is 0.171. The van der Waals surface area contributed by atoms with E-state index in [4.69, 9.17) is 4.74 Å². The van der Waals surface area contributed by atoms with Crippen molar-refractivity contribution < 1.29 is 22.7 Å². The Kier molecular flexibility index (Phi) is 4.33. The van der Waals surface area contributed by atoms with Gasteiger partial charge in [-0.2, -0.15) is 13.2 Å². The van der Waals surface area contributed by atoms with Crippen LogP contribution < -0.4 is 10.1 Å². The second-order valence-corrected chi connectivity index (χ2v) is 7.08. The van der Waals surface area contributed by atoms with E-state index >= 15 is 0 Å². The molecular weight excluding hydrogens is 369 g/mol. The number of alkyl halides is 3. The van der Waals surface area contributed by atoms with Crippen molar-refractivity contribution in [3.05, 3.63) is 59.8 Å². The average Bonchev–Trinajstić information content (AvgIpc) is 2.99. The van der Waals surface area contributed by atoms with Crippen LogP contribution in [0.1, 0.15) is 37.3 Å². The summed E-state index contributed by atoms with van der Waals surface area (Å²) < 4.78 is 46.7. The van der Waals surface area contributed by atoms with Crippen molar-refractivity contribution in [2.24, 2.45) is 0 Å². The zero-order chi connectivity index (χ0) is 19.9. The maximum atomic E-state index is 13.5. The van der Waals surface area contributed by atoms with E-state index < -0.39 is 17.3 Å². The fourth-order valence-electron chi connectivity index (χ4n) is 3.73. The summed E-state index contributed by atoms with van der Waals surface area (Å²) in [5.41, 5.74) is -0.0771. The van der Waals surface area contributed by atoms with Gasteiger partial charge in [-0.05, 0) is 43.5 Å². The van der Waals surface area contributed by atoms with E-state index in [9.17, 15) is 18.0 Å². The van der Waals surface area contributed by atoms with Gasteiger partial charge in [0.25, 0.3) is 0 Å². The number of aromatic amines is 1. The quantitative estimate of drug-likeness (QED) is 0.611. The maximum Gasteiger partial charge on any atom is 0.416 e. The highest BCUT2D eigenvalue weighted by molar-refractivity contribution is 6.01. The molecule has 0 unspecified atom stereocenters. The van der Waals surface area contributed by atoms with E-state index in [2.05, 4.69) is 10.3 Å². The van der Waals surface area contributed by atoms with Crippen LogP contribution in [-0.4, -0.2) is 10.9 Å². The van der Waals surface area contributed by atoms with Crippen LogP contribution in [-0.2, 0) is 16.6 Å². The van der Waals surface area contributed by atoms with Crippen LogP contribution in [0.25, 0.3) is 10.9 Å². The van der Waals surface area contributed by atoms with Crippen molar-refractivity contribution in [3.63, 3.8) is 0 Å². The SMILES string of the molecule is CC(=O)Nc1c[nH]c2ccc(OC3(c4ccccc4C(F)(F)F)CCC3)cc12. The second-order valence-electron chi connectivity index (χ2n) is 7.08. The molecule has 0 atom stereocenters. The van der Waals surface area contributed by atoms with E-state index in [1.54, 1.807) is 30.5 Å². The van der Waals surface area contributed by atoms with Crippen LogP contribution in [0.4, 0.5) is 18.9 Å². The number of amides is 1. The molecule has 28 heavy (non-hydrogen) atoms. The Labute approximate surface area is 159 Å². The monoisotopic (exact) mass is 388 g/mol. The molecule has 1 aliphatic carbocycles. The summed E-state index contributed by atoms with van der Waals surface area (Å²) in [6, 6.07) is 10.9. The summed E-state index contributed by atoms with van der Waals surface area (Å²) in [5, 5.41) is 3.47. The summed E-state index contributed by atoms with van der Waals surface area (Å²) in [7, 11) is 0. The van der Waals surface area contributed by atoms with Gasteiger partial charge in [-0.1, -0.05) is 18.2 Å². The smallest absolute Gasteiger partial charge is 0.416 e. The van der Waals surface area contributed by atoms with E-state index in [0.717, 1.165) is 23.4 Å². The lowest BCUT2D eigenvalue weighted by atomic mass is 9.73. The van der Waals surface area contributed by atoms with Gasteiger partial charge in [0.05, 0.1) is 11.3 Å². The molecule has 2 N–H and O–H groups in total. The number of hydrogen-bond donors (Lipinski definition) is 2. The fourth-order valence-corrected chi connectivity index (χ4v) is 3.73. The van der Waals surface area contributed by atoms with Gasteiger partial charge >= 0.3 is 6.18 Å². The Hall–Kier alpha value is -2.96. The lowest BCUT2D eigenvalue weighted by molar-refractivity contribution is -0.141. The minimum Gasteiger partial charge on any atom is -0.483 e. The molecule has 2 aromatic carbocycles. The highest BCUT2D eigenvalue weighted by Gasteiger charge is 2.47. The number of benzene rings is 2. The van der Waals surface area contributed by atoms with Crippen molar-refractivity contribution in [3.8, 4) is 5.75 Å². The Morgan fingerprint density at radius 1 is 1.18 bits per heavy atom. The predicted molar refractivity (Wildman–Crippen MR) is 100 cm³/mol. The van der Waals surface area contributed by atoms with E-state index in [1.165, 1.54) is 19.1 Å². The number of ether oxygens (including phenoxy) is 1. The molecule has 3 aromatic rings. The van der Waals surface area contributed by atoms with Crippen molar-refractivity contribution >= 4 is 22.5 Å². The number of aromatic nitrogens is 1. The zero-order valence-corrected chi connectivity index (χ0v) is 15.2. The molecule has 1 amide bonds. The largest absolute Gasteiger partial charge is 0.483 e. The highest BCUT2D eigenvalue weighted by atomic mass is 19.4. The van der Waals surface area contributed by atoms with Gasteiger partial charge in [0.2, 0.25) is 5.91 Å². The summed E-state index contributed by atoms with van der Waals surface area (Å²) in [6.45, 7) is 1.41. The van der Waals surface area contributed by atoms with E-state index in [0.29, 0.717) is 24.3 Å². The molecule has 146 valence electrons. The fraction of sp³-hybridized carbons (Fsp3) is 0.286. The van der Waals surface area contributed by atoms with Crippen molar-refractivity contribution in [2.45, 2.75) is 38.0 Å². The van der Waals surface area contributed by atoms with Crippen LogP contribution in [0.3, 0.4) is 0 Å². The van der Waals surface area contributed by atoms with Crippen molar-refractivity contribution in [2.75, 3.05) is 5.32 Å². The van der Waals surface area contributed by atoms with Gasteiger partial charge < -0.3 is 15.0 Å². The molecular formula is C21H19F3N2O2. The summed E-state index contributed by atoms with van der Waals surface area (Å²) in [6.07, 6.45) is -0.928. The molecule has 4 rings (SSSR count). The number of halogens is 3. The van der Waals surface area contributed by atoms with Crippen molar-refractivity contribution in [1.82, 2.24) is 4.98 Å². The van der Waals surface area contributed by atoms with Gasteiger partial charge in [-0.25, -0.2) is 0 Å². The molecule has 0 aliphatic heterocycles. The topological polar surface area (TPSA) is 54.1 Å². The number of carbonyl (C=O) groups is 1. The molecule has 7 heteroatoms. The van der Waals surface area contributed by atoms with Gasteiger partial charge in [0.15, 0.2) is 0 Å². The third-order valence-electron chi connectivity index (χ3n) is 5.16. The third-order valence-corrected chi connectivity index (χ3v) is 5.16. The highest BCUT2D eigenvalue weighted by Crippen LogP contribution is 2.49. The lowest BCUT2D eigenvalue weighted by Gasteiger charge is -2.43. The summed E-state index contributed by atoms with van der Waals surface area (Å²) in [5.74, 6) is 0.261. The number of rotatable bonds is 4. The molecule has 1 saturated carbocycles. The Morgan fingerprint density at radius 2 is 1.93 bits per heavy atom. The van der Waals surface area contributed by atoms with E-state index in [1.807, 2.05) is 0 Å². The van der Waals surface area contributed by atoms with Gasteiger partial charge in [0.1, 0.15) is 11.4 Å². The molecule has 0 spiro atoms. The molecule has 1 fully saturated rings. The standard InChI is InChI=1S/C21H19F3N2O2/c1-13(27)26-19-12-25-18-8-7-14(11-15(18)19)28-20(9-4-10-20)16-5-2-3-6-17(16)21(22,23)24/h2-3,5-8,11-12,25H,4,9-10H2,1H3,(H,26,27). The summed E-state index contributed by atoms with van der Waals surface area (Å²) in [4.78, 5) is 14.4. The summed E-state index contributed by atoms with van der Waals surface area (Å²) >= 11 is 0. The number of anilines is 1. The number of hydrogen-bond acceptors (Lipinski definition) is 2. The molecule has 1 aliphatic rings. The Bertz CT molecular complexity index is 1040. The minimum atomic E-state index is -4.44. The van der Waals surface area contributed by atoms with Crippen LogP contribution in [0.5, 0.6) is 5.75 Å². The molecule has 0 bridgehead atoms. The van der Waals surface area contributed by atoms with Gasteiger partial charge in [0, 0.05) is 29.6 Å². The molecule has 4 nitrogen and oxygen atoms in total. The van der Waals surface area contributed by atoms with Crippen LogP contribution >= 0.6 is 0 Å². The predicted octanol–water partition coefficient (Wildman–Crippen LogP) is 5.60. The second kappa shape index (κ2) is 6.58. The average molecular weight is 388 g/mol. The van der Waals surface area contributed by atoms with Crippen LogP contribution in [0.2, 0.25) is 0 Å². The first kappa shape index (κ1) is 18.4. The normalized spacial score (nSPS) is 15.9. The zero-order valence-electron chi connectivity index (χ0n) is 15.2. The molecule has 0 saturated heterocycles. The van der Waals surface area contributed by atoms with Crippen molar-refractivity contribution in [1.29, 1.82) is 0 Å². The first-order chi connectivity index (χ1) is 13.3. The number of nitrogens with one attached hydrogen (secondary N) is 2. The van der Waals surface area contributed by atoms with Crippen LogP contribution in [0.15, 0.2) is 48.7 Å². The van der Waals surface area contributed by atoms with Crippen LogP contribution in [0, 0.1) is 0 Å². The molecule has 0 radical (unpaired) electrons. The lowest BCUT2D eigenvalue weighted by Crippen LogP contribution is -2.41. The molecule has 1 aromatic heterocycles. The first-order valence-corrected chi connectivity index (χ1v) is 9.03. The van der Waals surface area contributed by atoms with E-state index in [-0.39, 0.29) is 11.5 Å².